The molecule has 0 fully saturated rings. The van der Waals surface area contributed by atoms with E-state index < -0.39 is 0 Å². The maximum atomic E-state index is 2.44. The van der Waals surface area contributed by atoms with Gasteiger partial charge in [-0.1, -0.05) is 352 Å². The third kappa shape index (κ3) is 15.2. The lowest BCUT2D eigenvalue weighted by Crippen LogP contribution is -2.13. The van der Waals surface area contributed by atoms with Crippen LogP contribution in [0.5, 0.6) is 0 Å². The van der Waals surface area contributed by atoms with Gasteiger partial charge >= 0.3 is 0 Å². The molecule has 6 nitrogen and oxygen atoms in total. The minimum Gasteiger partial charge on any atom is -0.310 e. The number of hydrogen-bond donors (Lipinski definition) is 0. The highest BCUT2D eigenvalue weighted by Gasteiger charge is 2.26. The first-order chi connectivity index (χ1) is 68.4. The molecule has 0 saturated heterocycles. The number of aromatic nitrogens is 2. The zero-order valence-electron chi connectivity index (χ0n) is 75.3. The summed E-state index contributed by atoms with van der Waals surface area (Å²) in [6.07, 6.45) is 0. The van der Waals surface area contributed by atoms with Gasteiger partial charge in [0.2, 0.25) is 0 Å². The van der Waals surface area contributed by atoms with Crippen LogP contribution in [0.2, 0.25) is 0 Å². The average Bonchev–Trinajstić information content (AvgIpc) is 1.60. The highest BCUT2D eigenvalue weighted by molar-refractivity contribution is 7.27. The van der Waals surface area contributed by atoms with Crippen molar-refractivity contribution in [3.63, 3.8) is 0 Å². The Balaban J connectivity index is 0.000000148. The van der Waals surface area contributed by atoms with Crippen LogP contribution in [0.3, 0.4) is 0 Å². The number of nitrogens with zero attached hydrogens (tertiary/aromatic N) is 6. The number of hydrogen-bond acceptors (Lipinski definition) is 6. The zero-order valence-corrected chi connectivity index (χ0v) is 76.9. The second-order valence-electron chi connectivity index (χ2n) is 35.1. The first kappa shape index (κ1) is 82.3. The Morgan fingerprint density at radius 2 is 0.478 bits per heavy atom. The number of rotatable bonds is 19. The largest absolute Gasteiger partial charge is 0.310 e. The van der Waals surface area contributed by atoms with Crippen LogP contribution in [0.4, 0.5) is 68.2 Å². The molecule has 4 aromatic heterocycles. The summed E-state index contributed by atoms with van der Waals surface area (Å²) in [6.45, 7) is 0. The summed E-state index contributed by atoms with van der Waals surface area (Å²) in [4.78, 5) is 9.51. The predicted molar refractivity (Wildman–Crippen MR) is 591 cm³/mol. The summed E-state index contributed by atoms with van der Waals surface area (Å²) in [5, 5.41) is 12.7. The number of para-hydroxylation sites is 6. The molecule has 26 rings (SSSR count). The van der Waals surface area contributed by atoms with Crippen LogP contribution in [0.15, 0.2) is 534 Å². The van der Waals surface area contributed by atoms with E-state index in [0.717, 1.165) is 79.5 Å². The van der Waals surface area contributed by atoms with Gasteiger partial charge in [-0.25, -0.2) is 0 Å². The highest BCUT2D eigenvalue weighted by Crippen LogP contribution is 2.51. The van der Waals surface area contributed by atoms with E-state index in [-0.39, 0.29) is 0 Å². The Labute approximate surface area is 809 Å². The van der Waals surface area contributed by atoms with E-state index in [1.807, 2.05) is 22.7 Å². The Morgan fingerprint density at radius 3 is 1.01 bits per heavy atom. The lowest BCUT2D eigenvalue weighted by molar-refractivity contribution is 1.18. The summed E-state index contributed by atoms with van der Waals surface area (Å²) in [6, 6.07) is 194. The molecule has 0 aliphatic carbocycles. The smallest absolute Gasteiger partial charge is 0.0640 e. The standard InChI is InChI=1S/C70H47N3S.C60H41N3S/c1-3-15-48(16-4-1)49-29-36-56(37-30-49)72(57-40-33-52(34-41-57)62-26-13-18-51-17-7-8-23-61(51)62)59-22-14-21-58(46-59)71(54-19-5-2-6-20-54)55-38-31-50(32-39-55)53-35-43-64-63-24-9-11-27-67(63)73(68(64)45-53)60-42-44-66-65-25-10-12-28-69(65)74-70(66)47-60;1-5-18-43(19-6-1)51-29-16-30-54-55-31-17-33-57(60(55)64-59(51)54)62(46-22-9-3-10-23-46)50-27-15-26-49(41-50)61(45-20-7-2-8-21-45)48-37-34-42(35-38-48)44-36-39-53-52-28-13-14-32-56(52)63(58(53)40-44)47-24-11-4-12-25-47/h1-47H;1-41H. The SMILES string of the molecule is c1ccc(-c2ccc(N(c3ccc(-c4cccc5ccccc45)cc3)c3cccc(N(c4ccccc4)c4ccc(-c5ccc6c7ccccc7n(-c7ccc8c(c7)sc7ccccc78)c6c5)cc4)c3)cc2)cc1.c1ccc(-c2cccc3c2sc2c(N(c4ccccc4)c4cccc(N(c5ccccc5)c5ccc(-c6ccc7c8ccccc8n(-c8ccccc8)c7c6)cc5)c4)cccc23)cc1. The molecular weight excluding hydrogens is 1710 g/mol. The summed E-state index contributed by atoms with van der Waals surface area (Å²) in [5.74, 6) is 0. The first-order valence-electron chi connectivity index (χ1n) is 47.0. The Morgan fingerprint density at radius 1 is 0.152 bits per heavy atom. The van der Waals surface area contributed by atoms with Crippen molar-refractivity contribution < 1.29 is 0 Å². The predicted octanol–water partition coefficient (Wildman–Crippen LogP) is 37.7. The van der Waals surface area contributed by atoms with E-state index in [0.29, 0.717) is 0 Å². The Hall–Kier alpha value is -17.7. The van der Waals surface area contributed by atoms with Gasteiger partial charge in [0.1, 0.15) is 0 Å². The Bertz CT molecular complexity index is 8990. The van der Waals surface area contributed by atoms with Gasteiger partial charge < -0.3 is 28.7 Å². The molecule has 8 heteroatoms. The van der Waals surface area contributed by atoms with E-state index in [2.05, 4.69) is 563 Å². The van der Waals surface area contributed by atoms with Crippen LogP contribution in [0, 0.1) is 0 Å². The molecule has 0 aliphatic rings. The van der Waals surface area contributed by atoms with Gasteiger partial charge in [0.05, 0.1) is 32.5 Å². The summed E-state index contributed by atoms with van der Waals surface area (Å²) in [5.41, 5.74) is 32.1. The van der Waals surface area contributed by atoms with Crippen LogP contribution in [-0.2, 0) is 0 Å². The number of benzene rings is 22. The van der Waals surface area contributed by atoms with Gasteiger partial charge in [-0.2, -0.15) is 0 Å². The summed E-state index contributed by atoms with van der Waals surface area (Å²) in [7, 11) is 0. The molecule has 0 spiro atoms. The van der Waals surface area contributed by atoms with Crippen LogP contribution in [0.1, 0.15) is 0 Å². The van der Waals surface area contributed by atoms with Gasteiger partial charge in [-0.05, 0) is 248 Å². The number of thiophene rings is 2. The third-order valence-corrected chi connectivity index (χ3v) is 29.3. The van der Waals surface area contributed by atoms with Crippen LogP contribution < -0.4 is 19.6 Å². The van der Waals surface area contributed by atoms with Gasteiger partial charge in [-0.3, -0.25) is 0 Å². The van der Waals surface area contributed by atoms with Crippen molar-refractivity contribution in [2.75, 3.05) is 19.6 Å². The third-order valence-electron chi connectivity index (χ3n) is 26.9. The lowest BCUT2D eigenvalue weighted by Gasteiger charge is -2.29. The van der Waals surface area contributed by atoms with Crippen molar-refractivity contribution in [1.82, 2.24) is 9.13 Å². The maximum Gasteiger partial charge on any atom is 0.0640 e. The molecule has 0 atom stereocenters. The summed E-state index contributed by atoms with van der Waals surface area (Å²) < 4.78 is 10.00. The topological polar surface area (TPSA) is 22.8 Å². The quantitative estimate of drug-likeness (QED) is 0.0805. The van der Waals surface area contributed by atoms with E-state index in [9.17, 15) is 0 Å². The normalized spacial score (nSPS) is 11.5. The average molecular weight is 1800 g/mol. The monoisotopic (exact) mass is 1800 g/mol. The molecule has 0 aliphatic heterocycles. The minimum absolute atomic E-state index is 1.06. The van der Waals surface area contributed by atoms with Crippen molar-refractivity contribution in [2.45, 2.75) is 0 Å². The van der Waals surface area contributed by atoms with E-state index >= 15 is 0 Å². The van der Waals surface area contributed by atoms with E-state index in [1.165, 1.54) is 150 Å². The fourth-order valence-corrected chi connectivity index (χ4v) is 22.9. The molecule has 0 unspecified atom stereocenters. The molecule has 22 aromatic carbocycles. The van der Waals surface area contributed by atoms with Crippen molar-refractivity contribution in [3.05, 3.63) is 534 Å². The molecule has 26 aromatic rings. The van der Waals surface area contributed by atoms with Crippen molar-refractivity contribution >= 4 is 186 Å². The fraction of sp³-hybridized carbons (Fsp3) is 0. The second kappa shape index (κ2) is 35.7. The second-order valence-corrected chi connectivity index (χ2v) is 37.2. The van der Waals surface area contributed by atoms with Gasteiger partial charge in [0.15, 0.2) is 0 Å². The van der Waals surface area contributed by atoms with Crippen molar-refractivity contribution in [3.8, 4) is 67.0 Å². The first-order valence-corrected chi connectivity index (χ1v) is 48.6. The molecule has 4 heterocycles. The van der Waals surface area contributed by atoms with Gasteiger partial charge in [-0.15, -0.1) is 22.7 Å². The van der Waals surface area contributed by atoms with Crippen LogP contribution in [-0.4, -0.2) is 9.13 Å². The Kier molecular flexibility index (Phi) is 21.3. The highest BCUT2D eigenvalue weighted by atomic mass is 32.1. The number of anilines is 12. The van der Waals surface area contributed by atoms with E-state index in [1.54, 1.807) is 0 Å². The molecule has 0 N–H and O–H groups in total. The van der Waals surface area contributed by atoms with E-state index in [4.69, 9.17) is 0 Å². The van der Waals surface area contributed by atoms with Crippen LogP contribution >= 0.6 is 22.7 Å². The minimum atomic E-state index is 1.06. The zero-order chi connectivity index (χ0) is 91.4. The van der Waals surface area contributed by atoms with Gasteiger partial charge in [0, 0.05) is 131 Å². The van der Waals surface area contributed by atoms with Crippen molar-refractivity contribution in [1.29, 1.82) is 0 Å². The maximum absolute atomic E-state index is 2.44. The molecule has 0 radical (unpaired) electrons. The molecule has 650 valence electrons. The molecule has 0 bridgehead atoms. The molecule has 138 heavy (non-hydrogen) atoms. The summed E-state index contributed by atoms with van der Waals surface area (Å²) >= 11 is 3.74. The van der Waals surface area contributed by atoms with Gasteiger partial charge in [0.25, 0.3) is 0 Å². The molecular formula is C130H88N6S2. The van der Waals surface area contributed by atoms with Crippen LogP contribution in [0.25, 0.3) is 162 Å². The lowest BCUT2D eigenvalue weighted by atomic mass is 9.98. The molecule has 0 saturated carbocycles. The molecule has 0 amide bonds. The number of fused-ring (bicyclic) bond motifs is 13. The fourth-order valence-electron chi connectivity index (χ4n) is 20.5. The van der Waals surface area contributed by atoms with Crippen molar-refractivity contribution in [2.24, 2.45) is 0 Å².